The van der Waals surface area contributed by atoms with E-state index < -0.39 is 5.91 Å². The van der Waals surface area contributed by atoms with Gasteiger partial charge in [0.1, 0.15) is 0 Å². The molecule has 0 aliphatic carbocycles. The van der Waals surface area contributed by atoms with E-state index in [-0.39, 0.29) is 25.0 Å². The van der Waals surface area contributed by atoms with Crippen molar-refractivity contribution in [3.63, 3.8) is 0 Å². The molecule has 0 unspecified atom stereocenters. The van der Waals surface area contributed by atoms with Gasteiger partial charge in [-0.05, 0) is 30.7 Å². The molecule has 1 amide bonds. The van der Waals surface area contributed by atoms with E-state index in [4.69, 9.17) is 26.7 Å². The van der Waals surface area contributed by atoms with Gasteiger partial charge >= 0.3 is 0 Å². The lowest BCUT2D eigenvalue weighted by atomic mass is 10.2. The molecule has 0 saturated carbocycles. The van der Waals surface area contributed by atoms with E-state index in [0.29, 0.717) is 23.7 Å². The first kappa shape index (κ1) is 18.5. The maximum Gasteiger partial charge on any atom is 0.255 e. The van der Waals surface area contributed by atoms with Crippen LogP contribution in [0.2, 0.25) is 0 Å². The Kier molecular flexibility index (Phi) is 8.31. The fraction of sp³-hybridized carbons (Fsp3) is 0.250. The average Bonchev–Trinajstić information content (AvgIpc) is 2.37. The van der Waals surface area contributed by atoms with Gasteiger partial charge in [-0.15, -0.1) is 17.5 Å². The zero-order chi connectivity index (χ0) is 15.0. The molecule has 0 saturated heterocycles. The van der Waals surface area contributed by atoms with Gasteiger partial charge in [0, 0.05) is 0 Å². The van der Waals surface area contributed by atoms with Crippen LogP contribution in [0.4, 0.5) is 0 Å². The molecule has 6 N–H and O–H groups in total. The Balaban J connectivity index is 0.00000400. The Morgan fingerprint density at radius 3 is 2.52 bits per heavy atom. The Labute approximate surface area is 128 Å². The minimum Gasteiger partial charge on any atom is -0.490 e. The number of primary amides is 1. The number of hydrogen-bond donors (Lipinski definition) is 3. The molecule has 0 aromatic heterocycles. The maximum atomic E-state index is 10.7. The highest BCUT2D eigenvalue weighted by Gasteiger charge is 2.07. The lowest BCUT2D eigenvalue weighted by Gasteiger charge is -2.11. The summed E-state index contributed by atoms with van der Waals surface area (Å²) in [5.41, 5.74) is 16.0. The van der Waals surface area contributed by atoms with Gasteiger partial charge < -0.3 is 26.7 Å². The van der Waals surface area contributed by atoms with E-state index in [0.717, 1.165) is 0 Å². The number of carbonyl (C=O) groups excluding carboxylic acids is 1. The SMILES string of the molecule is CCOc1cc(C=NN=C(N)N)ccc1OCC(N)=O.Cl. The standard InChI is InChI=1S/C12H17N5O3.ClH/c1-2-19-10-5-8(6-16-17-12(14)15)3-4-9(10)20-7-11(13)18;/h3-6H,2,7H2,1H3,(H2,13,18)(H4,14,15,17);1H. The predicted octanol–water partition coefficient (Wildman–Crippen LogP) is -0.0215. The molecule has 0 aliphatic heterocycles. The van der Waals surface area contributed by atoms with Gasteiger partial charge in [0.15, 0.2) is 18.1 Å². The Hall–Kier alpha value is -2.48. The molecular weight excluding hydrogens is 298 g/mol. The third-order valence-electron chi connectivity index (χ3n) is 2.02. The van der Waals surface area contributed by atoms with Crippen LogP contribution >= 0.6 is 12.4 Å². The van der Waals surface area contributed by atoms with Gasteiger partial charge in [-0.2, -0.15) is 5.10 Å². The summed E-state index contributed by atoms with van der Waals surface area (Å²) in [5.74, 6) is 0.200. The molecule has 1 aromatic rings. The third kappa shape index (κ3) is 7.02. The van der Waals surface area contributed by atoms with Gasteiger partial charge in [0.2, 0.25) is 5.96 Å². The number of ether oxygens (including phenoxy) is 2. The smallest absolute Gasteiger partial charge is 0.255 e. The number of hydrogen-bond acceptors (Lipinski definition) is 5. The van der Waals surface area contributed by atoms with Gasteiger partial charge in [0.25, 0.3) is 5.91 Å². The van der Waals surface area contributed by atoms with E-state index in [2.05, 4.69) is 10.2 Å². The summed E-state index contributed by atoms with van der Waals surface area (Å²) in [5, 5.41) is 7.17. The quantitative estimate of drug-likeness (QED) is 0.368. The Bertz CT molecular complexity index is 530. The fourth-order valence-electron chi connectivity index (χ4n) is 1.30. The van der Waals surface area contributed by atoms with Crippen molar-refractivity contribution >= 4 is 30.5 Å². The lowest BCUT2D eigenvalue weighted by molar-refractivity contribution is -0.119. The normalized spacial score (nSPS) is 9.76. The number of benzene rings is 1. The highest BCUT2D eigenvalue weighted by atomic mass is 35.5. The number of carbonyl (C=O) groups is 1. The summed E-state index contributed by atoms with van der Waals surface area (Å²) in [6.45, 7) is 2.06. The zero-order valence-corrected chi connectivity index (χ0v) is 12.3. The fourth-order valence-corrected chi connectivity index (χ4v) is 1.30. The average molecular weight is 316 g/mol. The first-order chi connectivity index (χ1) is 9.52. The summed E-state index contributed by atoms with van der Waals surface area (Å²) < 4.78 is 10.7. The number of nitrogens with two attached hydrogens (primary N) is 3. The first-order valence-corrected chi connectivity index (χ1v) is 5.82. The lowest BCUT2D eigenvalue weighted by Crippen LogP contribution is -2.21. The molecule has 21 heavy (non-hydrogen) atoms. The van der Waals surface area contributed by atoms with Crippen molar-refractivity contribution in [2.45, 2.75) is 6.92 Å². The second kappa shape index (κ2) is 9.43. The monoisotopic (exact) mass is 315 g/mol. The van der Waals surface area contributed by atoms with E-state index in [9.17, 15) is 4.79 Å². The predicted molar refractivity (Wildman–Crippen MR) is 83.0 cm³/mol. The van der Waals surface area contributed by atoms with Crippen LogP contribution in [0.3, 0.4) is 0 Å². The van der Waals surface area contributed by atoms with Crippen molar-refractivity contribution in [2.24, 2.45) is 27.4 Å². The number of guanidine groups is 1. The van der Waals surface area contributed by atoms with Crippen molar-refractivity contribution in [1.82, 2.24) is 0 Å². The van der Waals surface area contributed by atoms with Crippen molar-refractivity contribution in [3.05, 3.63) is 23.8 Å². The molecule has 116 valence electrons. The molecule has 0 aliphatic rings. The third-order valence-corrected chi connectivity index (χ3v) is 2.02. The van der Waals surface area contributed by atoms with E-state index in [1.807, 2.05) is 6.92 Å². The Morgan fingerprint density at radius 1 is 1.24 bits per heavy atom. The summed E-state index contributed by atoms with van der Waals surface area (Å²) in [7, 11) is 0. The van der Waals surface area contributed by atoms with E-state index in [1.54, 1.807) is 18.2 Å². The molecule has 9 heteroatoms. The van der Waals surface area contributed by atoms with Gasteiger partial charge in [-0.1, -0.05) is 0 Å². The highest BCUT2D eigenvalue weighted by molar-refractivity contribution is 5.85. The minimum absolute atomic E-state index is 0. The topological polar surface area (TPSA) is 138 Å². The molecule has 0 atom stereocenters. The van der Waals surface area contributed by atoms with Crippen LogP contribution in [0.25, 0.3) is 0 Å². The summed E-state index contributed by atoms with van der Waals surface area (Å²) in [4.78, 5) is 10.7. The number of amides is 1. The summed E-state index contributed by atoms with van der Waals surface area (Å²) >= 11 is 0. The van der Waals surface area contributed by atoms with Gasteiger partial charge in [-0.25, -0.2) is 0 Å². The molecule has 0 bridgehead atoms. The van der Waals surface area contributed by atoms with Crippen LogP contribution in [0.5, 0.6) is 11.5 Å². The highest BCUT2D eigenvalue weighted by Crippen LogP contribution is 2.27. The molecule has 0 heterocycles. The minimum atomic E-state index is -0.564. The second-order valence-electron chi connectivity index (χ2n) is 3.66. The number of nitrogens with zero attached hydrogens (tertiary/aromatic N) is 2. The molecule has 0 fully saturated rings. The molecule has 1 aromatic carbocycles. The van der Waals surface area contributed by atoms with Crippen LogP contribution in [0.1, 0.15) is 12.5 Å². The van der Waals surface area contributed by atoms with Crippen LogP contribution < -0.4 is 26.7 Å². The summed E-state index contributed by atoms with van der Waals surface area (Å²) in [6, 6.07) is 5.04. The van der Waals surface area contributed by atoms with Gasteiger partial charge in [-0.3, -0.25) is 4.79 Å². The largest absolute Gasteiger partial charge is 0.490 e. The van der Waals surface area contributed by atoms with Crippen LogP contribution in [-0.4, -0.2) is 31.3 Å². The van der Waals surface area contributed by atoms with Crippen molar-refractivity contribution in [3.8, 4) is 11.5 Å². The van der Waals surface area contributed by atoms with Crippen LogP contribution in [0, 0.1) is 0 Å². The van der Waals surface area contributed by atoms with Crippen molar-refractivity contribution in [2.75, 3.05) is 13.2 Å². The van der Waals surface area contributed by atoms with E-state index in [1.165, 1.54) is 6.21 Å². The molecular formula is C12H18ClN5O3. The van der Waals surface area contributed by atoms with E-state index >= 15 is 0 Å². The maximum absolute atomic E-state index is 10.7. The summed E-state index contributed by atoms with van der Waals surface area (Å²) in [6.07, 6.45) is 1.46. The first-order valence-electron chi connectivity index (χ1n) is 5.82. The Morgan fingerprint density at radius 2 is 1.95 bits per heavy atom. The molecule has 0 spiro atoms. The number of halogens is 1. The number of rotatable bonds is 7. The van der Waals surface area contributed by atoms with Crippen LogP contribution in [0.15, 0.2) is 28.4 Å². The zero-order valence-electron chi connectivity index (χ0n) is 11.5. The molecule has 0 radical (unpaired) electrons. The van der Waals surface area contributed by atoms with Gasteiger partial charge in [0.05, 0.1) is 12.8 Å². The molecule has 8 nitrogen and oxygen atoms in total. The van der Waals surface area contributed by atoms with Crippen molar-refractivity contribution in [1.29, 1.82) is 0 Å². The second-order valence-corrected chi connectivity index (χ2v) is 3.66. The molecule has 1 rings (SSSR count). The van der Waals surface area contributed by atoms with Crippen molar-refractivity contribution < 1.29 is 14.3 Å². The van der Waals surface area contributed by atoms with Crippen LogP contribution in [-0.2, 0) is 4.79 Å².